The number of hydrogen-bond donors (Lipinski definition) is 2. The Balaban J connectivity index is 1.41. The first-order valence-corrected chi connectivity index (χ1v) is 10.7. The maximum atomic E-state index is 12.7. The molecule has 0 aromatic heterocycles. The number of nitrogens with one attached hydrogen (secondary N) is 2. The van der Waals surface area contributed by atoms with Gasteiger partial charge in [-0.25, -0.2) is 0 Å². The van der Waals surface area contributed by atoms with Gasteiger partial charge >= 0.3 is 0 Å². The van der Waals surface area contributed by atoms with Crippen LogP contribution in [0.2, 0.25) is 0 Å². The molecule has 0 atom stereocenters. The van der Waals surface area contributed by atoms with E-state index in [4.69, 9.17) is 0 Å². The number of carbonyl (C=O) groups is 1. The quantitative estimate of drug-likeness (QED) is 0.593. The van der Waals surface area contributed by atoms with Crippen molar-refractivity contribution in [2.75, 3.05) is 29.9 Å². The highest BCUT2D eigenvalue weighted by atomic mass is 16.1. The van der Waals surface area contributed by atoms with E-state index in [0.717, 1.165) is 35.5 Å². The van der Waals surface area contributed by atoms with Crippen molar-refractivity contribution in [1.82, 2.24) is 5.32 Å². The molecule has 1 heterocycles. The number of aryl methyl sites for hydroxylation is 1. The molecule has 1 amide bonds. The van der Waals surface area contributed by atoms with Crippen molar-refractivity contribution < 1.29 is 4.79 Å². The normalized spacial score (nSPS) is 13.6. The predicted octanol–water partition coefficient (Wildman–Crippen LogP) is 4.91. The van der Waals surface area contributed by atoms with Gasteiger partial charge < -0.3 is 10.2 Å². The third kappa shape index (κ3) is 4.89. The minimum absolute atomic E-state index is 0.0308. The molecule has 2 N–H and O–H groups in total. The minimum Gasteiger partial charge on any atom is -0.372 e. The number of nitrogens with zero attached hydrogens (tertiary/aromatic N) is 1. The number of rotatable bonds is 7. The molecular formula is C26H29N3O. The molecule has 4 rings (SSSR count). The average molecular weight is 400 g/mol. The maximum absolute atomic E-state index is 12.7. The summed E-state index contributed by atoms with van der Waals surface area (Å²) in [6, 6.07) is 26.7. The van der Waals surface area contributed by atoms with Gasteiger partial charge in [-0.15, -0.1) is 0 Å². The van der Waals surface area contributed by atoms with Gasteiger partial charge in [0.1, 0.15) is 0 Å². The molecule has 0 bridgehead atoms. The molecular weight excluding hydrogens is 370 g/mol. The van der Waals surface area contributed by atoms with E-state index in [2.05, 4.69) is 58.9 Å². The van der Waals surface area contributed by atoms with Crippen LogP contribution in [-0.2, 0) is 4.79 Å². The van der Waals surface area contributed by atoms with Crippen molar-refractivity contribution in [1.29, 1.82) is 0 Å². The molecule has 1 aliphatic heterocycles. The largest absolute Gasteiger partial charge is 0.372 e. The Labute approximate surface area is 178 Å². The molecule has 1 fully saturated rings. The van der Waals surface area contributed by atoms with Crippen molar-refractivity contribution >= 4 is 17.3 Å². The molecule has 4 nitrogen and oxygen atoms in total. The van der Waals surface area contributed by atoms with E-state index in [1.807, 2.05) is 42.5 Å². The molecule has 30 heavy (non-hydrogen) atoms. The lowest BCUT2D eigenvalue weighted by Gasteiger charge is -2.21. The Kier molecular flexibility index (Phi) is 6.45. The second-order valence-electron chi connectivity index (χ2n) is 7.88. The van der Waals surface area contributed by atoms with Crippen LogP contribution in [0.4, 0.5) is 11.4 Å². The van der Waals surface area contributed by atoms with Crippen molar-refractivity contribution in [2.24, 2.45) is 0 Å². The minimum atomic E-state index is -0.0381. The van der Waals surface area contributed by atoms with Gasteiger partial charge in [-0.2, -0.15) is 0 Å². The summed E-state index contributed by atoms with van der Waals surface area (Å²) in [7, 11) is 0. The molecule has 3 aromatic rings. The summed E-state index contributed by atoms with van der Waals surface area (Å²) >= 11 is 0. The smallest absolute Gasteiger partial charge is 0.238 e. The number of amides is 1. The molecule has 0 unspecified atom stereocenters. The second kappa shape index (κ2) is 9.59. The Morgan fingerprint density at radius 2 is 1.50 bits per heavy atom. The van der Waals surface area contributed by atoms with E-state index in [-0.39, 0.29) is 18.5 Å². The fourth-order valence-electron chi connectivity index (χ4n) is 4.07. The molecule has 4 heteroatoms. The standard InChI is InChI=1S/C26H29N3O/c1-20-18-23(29-16-8-9-17-29)14-15-24(20)28-25(30)19-27-26(21-10-4-2-5-11-21)22-12-6-3-7-13-22/h2-7,10-15,18,26-27H,8-9,16-17,19H2,1H3,(H,28,30). The van der Waals surface area contributed by atoms with Gasteiger partial charge in [0.25, 0.3) is 0 Å². The molecule has 0 radical (unpaired) electrons. The Morgan fingerprint density at radius 3 is 2.07 bits per heavy atom. The predicted molar refractivity (Wildman–Crippen MR) is 124 cm³/mol. The fourth-order valence-corrected chi connectivity index (χ4v) is 4.07. The van der Waals surface area contributed by atoms with Crippen LogP contribution >= 0.6 is 0 Å². The van der Waals surface area contributed by atoms with Gasteiger partial charge in [0, 0.05) is 24.5 Å². The van der Waals surface area contributed by atoms with Gasteiger partial charge in [0.15, 0.2) is 0 Å². The first kappa shape index (κ1) is 20.2. The van der Waals surface area contributed by atoms with Crippen LogP contribution in [0.15, 0.2) is 78.9 Å². The zero-order valence-electron chi connectivity index (χ0n) is 17.5. The summed E-state index contributed by atoms with van der Waals surface area (Å²) in [5.74, 6) is -0.0381. The lowest BCUT2D eigenvalue weighted by atomic mass is 9.99. The summed E-state index contributed by atoms with van der Waals surface area (Å²) in [6.07, 6.45) is 2.51. The number of anilines is 2. The summed E-state index contributed by atoms with van der Waals surface area (Å²) in [5.41, 5.74) is 5.50. The van der Waals surface area contributed by atoms with Gasteiger partial charge in [0.2, 0.25) is 5.91 Å². The van der Waals surface area contributed by atoms with Crippen molar-refractivity contribution in [3.8, 4) is 0 Å². The summed E-state index contributed by atoms with van der Waals surface area (Å²) in [4.78, 5) is 15.1. The maximum Gasteiger partial charge on any atom is 0.238 e. The van der Waals surface area contributed by atoms with E-state index < -0.39 is 0 Å². The van der Waals surface area contributed by atoms with Gasteiger partial charge in [-0.05, 0) is 54.7 Å². The van der Waals surface area contributed by atoms with Crippen LogP contribution in [0, 0.1) is 6.92 Å². The highest BCUT2D eigenvalue weighted by molar-refractivity contribution is 5.93. The molecule has 0 spiro atoms. The van der Waals surface area contributed by atoms with E-state index in [1.54, 1.807) is 0 Å². The molecule has 0 aliphatic carbocycles. The summed E-state index contributed by atoms with van der Waals surface area (Å²) in [5, 5.41) is 6.49. The van der Waals surface area contributed by atoms with E-state index in [1.165, 1.54) is 18.5 Å². The lowest BCUT2D eigenvalue weighted by Crippen LogP contribution is -2.32. The zero-order valence-corrected chi connectivity index (χ0v) is 17.5. The monoisotopic (exact) mass is 399 g/mol. The Bertz CT molecular complexity index is 927. The molecule has 0 saturated carbocycles. The van der Waals surface area contributed by atoms with Crippen LogP contribution in [0.3, 0.4) is 0 Å². The molecule has 154 valence electrons. The number of benzene rings is 3. The average Bonchev–Trinajstić information content (AvgIpc) is 3.32. The summed E-state index contributed by atoms with van der Waals surface area (Å²) < 4.78 is 0. The number of carbonyl (C=O) groups excluding carboxylic acids is 1. The van der Waals surface area contributed by atoms with E-state index in [9.17, 15) is 4.79 Å². The lowest BCUT2D eigenvalue weighted by molar-refractivity contribution is -0.115. The molecule has 1 saturated heterocycles. The molecule has 3 aromatic carbocycles. The highest BCUT2D eigenvalue weighted by Gasteiger charge is 2.16. The van der Waals surface area contributed by atoms with E-state index >= 15 is 0 Å². The first-order chi connectivity index (χ1) is 14.7. The highest BCUT2D eigenvalue weighted by Crippen LogP contribution is 2.26. The van der Waals surface area contributed by atoms with Crippen LogP contribution in [0.5, 0.6) is 0 Å². The molecule has 1 aliphatic rings. The SMILES string of the molecule is Cc1cc(N2CCCC2)ccc1NC(=O)CNC(c1ccccc1)c1ccccc1. The van der Waals surface area contributed by atoms with E-state index in [0.29, 0.717) is 0 Å². The van der Waals surface area contributed by atoms with Gasteiger partial charge in [0.05, 0.1) is 12.6 Å². The fraction of sp³-hybridized carbons (Fsp3) is 0.269. The van der Waals surface area contributed by atoms with Crippen molar-refractivity contribution in [3.63, 3.8) is 0 Å². The van der Waals surface area contributed by atoms with Crippen LogP contribution in [0.25, 0.3) is 0 Å². The van der Waals surface area contributed by atoms with Crippen molar-refractivity contribution in [3.05, 3.63) is 95.6 Å². The van der Waals surface area contributed by atoms with Crippen LogP contribution in [0.1, 0.15) is 35.6 Å². The summed E-state index contributed by atoms with van der Waals surface area (Å²) in [6.45, 7) is 4.53. The second-order valence-corrected chi connectivity index (χ2v) is 7.88. The van der Waals surface area contributed by atoms with Crippen LogP contribution < -0.4 is 15.5 Å². The van der Waals surface area contributed by atoms with Crippen molar-refractivity contribution in [2.45, 2.75) is 25.8 Å². The first-order valence-electron chi connectivity index (χ1n) is 10.7. The third-order valence-corrected chi connectivity index (χ3v) is 5.69. The van der Waals surface area contributed by atoms with Gasteiger partial charge in [-0.1, -0.05) is 60.7 Å². The van der Waals surface area contributed by atoms with Gasteiger partial charge in [-0.3, -0.25) is 10.1 Å². The third-order valence-electron chi connectivity index (χ3n) is 5.69. The zero-order chi connectivity index (χ0) is 20.8. The number of hydrogen-bond acceptors (Lipinski definition) is 3. The Hall–Kier alpha value is -3.11. The Morgan fingerprint density at radius 1 is 0.900 bits per heavy atom. The van der Waals surface area contributed by atoms with Crippen LogP contribution in [-0.4, -0.2) is 25.5 Å². The topological polar surface area (TPSA) is 44.4 Å².